The Morgan fingerprint density at radius 1 is 1.79 bits per heavy atom. The fourth-order valence-corrected chi connectivity index (χ4v) is 1.25. The zero-order valence-corrected chi connectivity index (χ0v) is 9.84. The van der Waals surface area contributed by atoms with Crippen molar-refractivity contribution in [2.75, 3.05) is 0 Å². The van der Waals surface area contributed by atoms with E-state index in [1.807, 2.05) is 6.92 Å². The second-order valence-electron chi connectivity index (χ2n) is 3.06. The van der Waals surface area contributed by atoms with E-state index in [0.29, 0.717) is 0 Å². The second-order valence-corrected chi connectivity index (χ2v) is 4.43. The predicted octanol–water partition coefficient (Wildman–Crippen LogP) is 1.76. The van der Waals surface area contributed by atoms with Crippen molar-refractivity contribution in [2.45, 2.75) is 31.1 Å². The molecule has 2 atom stereocenters. The number of rotatable bonds is 4. The Balaban J connectivity index is 2.61. The Morgan fingerprint density at radius 2 is 2.50 bits per heavy atom. The van der Waals surface area contributed by atoms with Crippen molar-refractivity contribution in [3.63, 3.8) is 0 Å². The summed E-state index contributed by atoms with van der Waals surface area (Å²) < 4.78 is 0. The zero-order valence-electron chi connectivity index (χ0n) is 8.25. The molecule has 5 heteroatoms. The van der Waals surface area contributed by atoms with Gasteiger partial charge in [0.15, 0.2) is 0 Å². The smallest absolute Gasteiger partial charge is 0.234 e. The van der Waals surface area contributed by atoms with Crippen LogP contribution < -0.4 is 5.32 Å². The van der Waals surface area contributed by atoms with Crippen molar-refractivity contribution in [3.8, 4) is 0 Å². The number of halogens is 1. The molecule has 0 fully saturated rings. The third-order valence-corrected chi connectivity index (χ3v) is 2.35. The lowest BCUT2D eigenvalue weighted by Crippen LogP contribution is -2.33. The lowest BCUT2D eigenvalue weighted by molar-refractivity contribution is -0.121. The van der Waals surface area contributed by atoms with Crippen LogP contribution in [-0.2, 0) is 4.79 Å². The molecule has 0 radical (unpaired) electrons. The van der Waals surface area contributed by atoms with Gasteiger partial charge in [0.25, 0.3) is 0 Å². The first kappa shape index (κ1) is 11.2. The van der Waals surface area contributed by atoms with Gasteiger partial charge in [-0.05, 0) is 13.3 Å². The molecule has 1 rings (SSSR count). The highest BCUT2D eigenvalue weighted by Crippen LogP contribution is 2.12. The number of hydrogen-bond acceptors (Lipinski definition) is 2. The number of alkyl halides is 1. The number of aromatic amines is 1. The van der Waals surface area contributed by atoms with Crippen LogP contribution in [0, 0.1) is 0 Å². The van der Waals surface area contributed by atoms with Gasteiger partial charge < -0.3 is 10.3 Å². The van der Waals surface area contributed by atoms with Crippen LogP contribution in [0.1, 0.15) is 32.1 Å². The molecule has 0 aliphatic heterocycles. The number of aromatic nitrogens is 2. The minimum atomic E-state index is -0.175. The molecule has 0 bridgehead atoms. The number of amides is 1. The van der Waals surface area contributed by atoms with Gasteiger partial charge in [-0.25, -0.2) is 4.98 Å². The highest BCUT2D eigenvalue weighted by atomic mass is 79.9. The van der Waals surface area contributed by atoms with Gasteiger partial charge >= 0.3 is 0 Å². The fraction of sp³-hybridized carbons (Fsp3) is 0.556. The largest absolute Gasteiger partial charge is 0.347 e. The summed E-state index contributed by atoms with van der Waals surface area (Å²) in [7, 11) is 0. The standard InChI is InChI=1S/C9H14BrN3O/c1-3-7(8-11-4-5-12-8)13-9(14)6(2)10/h4-7H,3H2,1-2H3,(H,11,12)(H,13,14). The van der Waals surface area contributed by atoms with Gasteiger partial charge in [0.2, 0.25) is 5.91 Å². The molecule has 0 saturated carbocycles. The molecule has 0 aliphatic carbocycles. The minimum Gasteiger partial charge on any atom is -0.347 e. The Kier molecular flexibility index (Phi) is 4.13. The van der Waals surface area contributed by atoms with Gasteiger partial charge in [0, 0.05) is 12.4 Å². The molecule has 14 heavy (non-hydrogen) atoms. The SMILES string of the molecule is CCC(NC(=O)C(C)Br)c1ncc[nH]1. The third kappa shape index (κ3) is 2.83. The van der Waals surface area contributed by atoms with E-state index in [4.69, 9.17) is 0 Å². The number of nitrogens with one attached hydrogen (secondary N) is 2. The summed E-state index contributed by atoms with van der Waals surface area (Å²) >= 11 is 3.22. The molecule has 0 spiro atoms. The first-order chi connectivity index (χ1) is 6.65. The molecule has 1 amide bonds. The van der Waals surface area contributed by atoms with Crippen LogP contribution >= 0.6 is 15.9 Å². The molecule has 4 nitrogen and oxygen atoms in total. The molecular weight excluding hydrogens is 246 g/mol. The van der Waals surface area contributed by atoms with Gasteiger partial charge in [-0.3, -0.25) is 4.79 Å². The highest BCUT2D eigenvalue weighted by Gasteiger charge is 2.16. The van der Waals surface area contributed by atoms with E-state index in [0.717, 1.165) is 12.2 Å². The Hall–Kier alpha value is -0.840. The lowest BCUT2D eigenvalue weighted by atomic mass is 10.2. The number of hydrogen-bond donors (Lipinski definition) is 2. The summed E-state index contributed by atoms with van der Waals surface area (Å²) in [5.74, 6) is 0.780. The molecule has 0 aromatic carbocycles. The molecule has 1 aromatic heterocycles. The average Bonchev–Trinajstić information content (AvgIpc) is 2.66. The Labute approximate surface area is 91.6 Å². The summed E-state index contributed by atoms with van der Waals surface area (Å²) in [5.41, 5.74) is 0. The first-order valence-corrected chi connectivity index (χ1v) is 5.50. The van der Waals surface area contributed by atoms with E-state index in [1.54, 1.807) is 19.3 Å². The van der Waals surface area contributed by atoms with Crippen LogP contribution in [0.4, 0.5) is 0 Å². The van der Waals surface area contributed by atoms with Gasteiger partial charge in [-0.1, -0.05) is 22.9 Å². The maximum Gasteiger partial charge on any atom is 0.234 e. The summed E-state index contributed by atoms with van der Waals surface area (Å²) in [4.78, 5) is 18.3. The van der Waals surface area contributed by atoms with E-state index < -0.39 is 0 Å². The van der Waals surface area contributed by atoms with Crippen molar-refractivity contribution in [1.82, 2.24) is 15.3 Å². The van der Waals surface area contributed by atoms with Crippen LogP contribution in [0.5, 0.6) is 0 Å². The molecule has 78 valence electrons. The monoisotopic (exact) mass is 259 g/mol. The van der Waals surface area contributed by atoms with Crippen molar-refractivity contribution < 1.29 is 4.79 Å². The van der Waals surface area contributed by atoms with Crippen LogP contribution in [0.3, 0.4) is 0 Å². The molecular formula is C9H14BrN3O. The summed E-state index contributed by atoms with van der Waals surface area (Å²) in [6, 6.07) is -0.0301. The number of nitrogens with zero attached hydrogens (tertiary/aromatic N) is 1. The first-order valence-electron chi connectivity index (χ1n) is 4.58. The fourth-order valence-electron chi connectivity index (χ4n) is 1.12. The predicted molar refractivity (Wildman–Crippen MR) is 58.2 cm³/mol. The summed E-state index contributed by atoms with van der Waals surface area (Å²) in [6.45, 7) is 3.80. The third-order valence-electron chi connectivity index (χ3n) is 1.94. The van der Waals surface area contributed by atoms with Crippen molar-refractivity contribution in [2.24, 2.45) is 0 Å². The van der Waals surface area contributed by atoms with E-state index in [9.17, 15) is 4.79 Å². The molecule has 0 aliphatic rings. The van der Waals surface area contributed by atoms with Crippen LogP contribution in [-0.4, -0.2) is 20.7 Å². The van der Waals surface area contributed by atoms with Gasteiger partial charge in [-0.2, -0.15) is 0 Å². The zero-order chi connectivity index (χ0) is 10.6. The van der Waals surface area contributed by atoms with Crippen LogP contribution in [0.2, 0.25) is 0 Å². The lowest BCUT2D eigenvalue weighted by Gasteiger charge is -2.15. The van der Waals surface area contributed by atoms with E-state index in [2.05, 4.69) is 31.2 Å². The van der Waals surface area contributed by atoms with Crippen molar-refractivity contribution in [1.29, 1.82) is 0 Å². The van der Waals surface area contributed by atoms with Gasteiger partial charge in [-0.15, -0.1) is 0 Å². The van der Waals surface area contributed by atoms with Gasteiger partial charge in [0.05, 0.1) is 10.9 Å². The van der Waals surface area contributed by atoms with E-state index in [1.165, 1.54) is 0 Å². The Bertz CT molecular complexity index is 284. The number of H-pyrrole nitrogens is 1. The second kappa shape index (κ2) is 5.14. The van der Waals surface area contributed by atoms with E-state index in [-0.39, 0.29) is 16.8 Å². The van der Waals surface area contributed by atoms with Crippen molar-refractivity contribution >= 4 is 21.8 Å². The van der Waals surface area contributed by atoms with Crippen molar-refractivity contribution in [3.05, 3.63) is 18.2 Å². The average molecular weight is 260 g/mol. The number of carbonyl (C=O) groups is 1. The molecule has 1 heterocycles. The number of carbonyl (C=O) groups excluding carboxylic acids is 1. The molecule has 2 N–H and O–H groups in total. The van der Waals surface area contributed by atoms with Crippen LogP contribution in [0.25, 0.3) is 0 Å². The maximum atomic E-state index is 11.4. The van der Waals surface area contributed by atoms with Crippen LogP contribution in [0.15, 0.2) is 12.4 Å². The molecule has 2 unspecified atom stereocenters. The summed E-state index contributed by atoms with van der Waals surface area (Å²) in [5, 5.41) is 2.89. The summed E-state index contributed by atoms with van der Waals surface area (Å²) in [6.07, 6.45) is 4.25. The maximum absolute atomic E-state index is 11.4. The Morgan fingerprint density at radius 3 is 2.93 bits per heavy atom. The minimum absolute atomic E-state index is 0.0201. The quantitative estimate of drug-likeness (QED) is 0.810. The molecule has 1 aromatic rings. The molecule has 0 saturated heterocycles. The topological polar surface area (TPSA) is 57.8 Å². The normalized spacial score (nSPS) is 14.8. The van der Waals surface area contributed by atoms with E-state index >= 15 is 0 Å². The highest BCUT2D eigenvalue weighted by molar-refractivity contribution is 9.10. The van der Waals surface area contributed by atoms with Gasteiger partial charge in [0.1, 0.15) is 5.82 Å². The number of imidazole rings is 1.